The van der Waals surface area contributed by atoms with E-state index in [2.05, 4.69) is 21.5 Å². The molecule has 1 aliphatic heterocycles. The third-order valence-electron chi connectivity index (χ3n) is 4.29. The van der Waals surface area contributed by atoms with Crippen molar-refractivity contribution >= 4 is 11.8 Å². The number of likely N-dealkylation sites (N-methyl/N-ethyl adjacent to an activating group) is 1. The van der Waals surface area contributed by atoms with Gasteiger partial charge in [-0.05, 0) is 12.8 Å². The highest BCUT2D eigenvalue weighted by atomic mass is 16.4. The Morgan fingerprint density at radius 1 is 1.44 bits per heavy atom. The highest BCUT2D eigenvalue weighted by molar-refractivity contribution is 5.71. The van der Waals surface area contributed by atoms with Crippen LogP contribution >= 0.6 is 0 Å². The molecule has 0 spiro atoms. The number of carbonyl (C=O) groups is 1. The van der Waals surface area contributed by atoms with E-state index in [4.69, 9.17) is 0 Å². The summed E-state index contributed by atoms with van der Waals surface area (Å²) < 4.78 is 2.11. The predicted octanol–water partition coefficient (Wildman–Crippen LogP) is 1.69. The molecule has 2 unspecified atom stereocenters. The number of nitrogens with zero attached hydrogens (tertiary/aromatic N) is 3. The standard InChI is InChI=1S/C13H19N3O2/c1-15-7-6-10-12(15)16(8-14-10)11-5-3-2-4-9(11)13(17)18/h8-9,11H,2-7H2,1H3,(H,17,18). The second-order valence-corrected chi connectivity index (χ2v) is 5.39. The van der Waals surface area contributed by atoms with Crippen LogP contribution in [0.25, 0.3) is 0 Å². The molecule has 1 aliphatic carbocycles. The van der Waals surface area contributed by atoms with E-state index in [-0.39, 0.29) is 12.0 Å². The van der Waals surface area contributed by atoms with Gasteiger partial charge in [-0.25, -0.2) is 4.98 Å². The summed E-state index contributed by atoms with van der Waals surface area (Å²) in [5.41, 5.74) is 1.12. The lowest BCUT2D eigenvalue weighted by Gasteiger charge is -2.31. The van der Waals surface area contributed by atoms with Gasteiger partial charge >= 0.3 is 5.97 Å². The zero-order chi connectivity index (χ0) is 12.7. The fraction of sp³-hybridized carbons (Fsp3) is 0.692. The number of aromatic nitrogens is 2. The van der Waals surface area contributed by atoms with Gasteiger partial charge in [0.2, 0.25) is 0 Å². The van der Waals surface area contributed by atoms with Crippen LogP contribution in [-0.4, -0.2) is 34.2 Å². The highest BCUT2D eigenvalue weighted by Gasteiger charge is 2.35. The first-order chi connectivity index (χ1) is 8.68. The van der Waals surface area contributed by atoms with Crippen molar-refractivity contribution in [1.29, 1.82) is 0 Å². The molecule has 3 rings (SSSR count). The maximum Gasteiger partial charge on any atom is 0.308 e. The molecule has 1 N–H and O–H groups in total. The summed E-state index contributed by atoms with van der Waals surface area (Å²) in [6.07, 6.45) is 6.70. The average Bonchev–Trinajstić information content (AvgIpc) is 2.93. The topological polar surface area (TPSA) is 58.4 Å². The van der Waals surface area contributed by atoms with Gasteiger partial charge in [0.25, 0.3) is 0 Å². The molecule has 18 heavy (non-hydrogen) atoms. The molecular formula is C13H19N3O2. The Labute approximate surface area is 106 Å². The summed E-state index contributed by atoms with van der Waals surface area (Å²) in [4.78, 5) is 18.0. The van der Waals surface area contributed by atoms with Gasteiger partial charge in [0.1, 0.15) is 5.82 Å². The summed E-state index contributed by atoms with van der Waals surface area (Å²) in [7, 11) is 2.06. The summed E-state index contributed by atoms with van der Waals surface area (Å²) in [6, 6.07) is 0.0769. The van der Waals surface area contributed by atoms with E-state index in [1.807, 2.05) is 6.33 Å². The van der Waals surface area contributed by atoms with Crippen LogP contribution in [0.4, 0.5) is 5.82 Å². The van der Waals surface area contributed by atoms with E-state index in [1.165, 1.54) is 0 Å². The van der Waals surface area contributed by atoms with Gasteiger partial charge in [-0.2, -0.15) is 0 Å². The van der Waals surface area contributed by atoms with Gasteiger partial charge in [0.15, 0.2) is 0 Å². The second kappa shape index (κ2) is 4.30. The van der Waals surface area contributed by atoms with Gasteiger partial charge in [-0.3, -0.25) is 4.79 Å². The first-order valence-corrected chi connectivity index (χ1v) is 6.68. The van der Waals surface area contributed by atoms with Crippen LogP contribution in [0.1, 0.15) is 37.4 Å². The molecule has 1 aromatic heterocycles. The smallest absolute Gasteiger partial charge is 0.308 e. The van der Waals surface area contributed by atoms with Crippen molar-refractivity contribution in [2.75, 3.05) is 18.5 Å². The molecule has 2 aliphatic rings. The van der Waals surface area contributed by atoms with Crippen LogP contribution in [-0.2, 0) is 11.2 Å². The van der Waals surface area contributed by atoms with E-state index in [9.17, 15) is 9.90 Å². The van der Waals surface area contributed by atoms with Crippen molar-refractivity contribution < 1.29 is 9.90 Å². The lowest BCUT2D eigenvalue weighted by atomic mass is 9.84. The molecule has 98 valence electrons. The fourth-order valence-corrected chi connectivity index (χ4v) is 3.34. The van der Waals surface area contributed by atoms with Crippen LogP contribution in [0.5, 0.6) is 0 Å². The van der Waals surface area contributed by atoms with Crippen LogP contribution in [0.3, 0.4) is 0 Å². The minimum Gasteiger partial charge on any atom is -0.481 e. The summed E-state index contributed by atoms with van der Waals surface area (Å²) in [5, 5.41) is 9.37. The van der Waals surface area contributed by atoms with Crippen molar-refractivity contribution in [1.82, 2.24) is 9.55 Å². The predicted molar refractivity (Wildman–Crippen MR) is 67.8 cm³/mol. The molecule has 0 bridgehead atoms. The van der Waals surface area contributed by atoms with E-state index in [0.29, 0.717) is 0 Å². The zero-order valence-electron chi connectivity index (χ0n) is 10.7. The van der Waals surface area contributed by atoms with E-state index in [1.54, 1.807) is 0 Å². The number of imidazole rings is 1. The molecule has 1 aromatic rings. The molecule has 1 fully saturated rings. The summed E-state index contributed by atoms with van der Waals surface area (Å²) >= 11 is 0. The van der Waals surface area contributed by atoms with Crippen LogP contribution in [0.2, 0.25) is 0 Å². The molecule has 2 atom stereocenters. The molecule has 0 amide bonds. The van der Waals surface area contributed by atoms with Crippen molar-refractivity contribution in [3.8, 4) is 0 Å². The Morgan fingerprint density at radius 3 is 3.00 bits per heavy atom. The van der Waals surface area contributed by atoms with Crippen LogP contribution < -0.4 is 4.90 Å². The SMILES string of the molecule is CN1CCc2ncn(C3CCCCC3C(=O)O)c21. The summed E-state index contributed by atoms with van der Waals surface area (Å²) in [6.45, 7) is 0.989. The lowest BCUT2D eigenvalue weighted by molar-refractivity contribution is -0.144. The number of hydrogen-bond donors (Lipinski definition) is 1. The Bertz CT molecular complexity index is 469. The average molecular weight is 249 g/mol. The van der Waals surface area contributed by atoms with Crippen molar-refractivity contribution in [2.24, 2.45) is 5.92 Å². The Balaban J connectivity index is 1.96. The minimum absolute atomic E-state index is 0.0769. The maximum atomic E-state index is 11.4. The van der Waals surface area contributed by atoms with Gasteiger partial charge < -0.3 is 14.6 Å². The number of anilines is 1. The highest BCUT2D eigenvalue weighted by Crippen LogP contribution is 2.38. The quantitative estimate of drug-likeness (QED) is 0.866. The third kappa shape index (κ3) is 1.69. The largest absolute Gasteiger partial charge is 0.481 e. The number of carboxylic acids is 1. The number of rotatable bonds is 2. The van der Waals surface area contributed by atoms with Gasteiger partial charge in [0.05, 0.1) is 17.9 Å². The zero-order valence-corrected chi connectivity index (χ0v) is 10.7. The normalized spacial score (nSPS) is 27.3. The molecule has 1 saturated carbocycles. The third-order valence-corrected chi connectivity index (χ3v) is 4.29. The van der Waals surface area contributed by atoms with E-state index < -0.39 is 5.97 Å². The second-order valence-electron chi connectivity index (χ2n) is 5.39. The minimum atomic E-state index is -0.664. The Kier molecular flexibility index (Phi) is 2.76. The van der Waals surface area contributed by atoms with Crippen molar-refractivity contribution in [2.45, 2.75) is 38.1 Å². The first-order valence-electron chi connectivity index (χ1n) is 6.68. The number of aliphatic carboxylic acids is 1. The number of carboxylic acid groups (broad SMARTS) is 1. The lowest BCUT2D eigenvalue weighted by Crippen LogP contribution is -2.31. The molecule has 5 nitrogen and oxygen atoms in total. The van der Waals surface area contributed by atoms with E-state index >= 15 is 0 Å². The van der Waals surface area contributed by atoms with E-state index in [0.717, 1.165) is 50.2 Å². The monoisotopic (exact) mass is 249 g/mol. The Hall–Kier alpha value is -1.52. The van der Waals surface area contributed by atoms with Crippen LogP contribution in [0, 0.1) is 5.92 Å². The molecule has 0 saturated heterocycles. The molecule has 5 heteroatoms. The number of fused-ring (bicyclic) bond motifs is 1. The van der Waals surface area contributed by atoms with Crippen molar-refractivity contribution in [3.05, 3.63) is 12.0 Å². The Morgan fingerprint density at radius 2 is 2.22 bits per heavy atom. The van der Waals surface area contributed by atoms with Gasteiger partial charge in [0, 0.05) is 26.1 Å². The van der Waals surface area contributed by atoms with Crippen molar-refractivity contribution in [3.63, 3.8) is 0 Å². The molecule has 0 aromatic carbocycles. The molecular weight excluding hydrogens is 230 g/mol. The summed E-state index contributed by atoms with van der Waals surface area (Å²) in [5.74, 6) is 0.210. The fourth-order valence-electron chi connectivity index (χ4n) is 3.34. The van der Waals surface area contributed by atoms with Crippen LogP contribution in [0.15, 0.2) is 6.33 Å². The number of hydrogen-bond acceptors (Lipinski definition) is 3. The molecule has 2 heterocycles. The molecule has 0 radical (unpaired) electrons. The maximum absolute atomic E-state index is 11.4. The van der Waals surface area contributed by atoms with Gasteiger partial charge in [-0.15, -0.1) is 0 Å². The first kappa shape index (κ1) is 11.6. The van der Waals surface area contributed by atoms with Gasteiger partial charge in [-0.1, -0.05) is 12.8 Å².